The van der Waals surface area contributed by atoms with Crippen LogP contribution in [0.1, 0.15) is 11.1 Å². The van der Waals surface area contributed by atoms with E-state index in [0.29, 0.717) is 22.7 Å². The predicted molar refractivity (Wildman–Crippen MR) is 121 cm³/mol. The number of ether oxygens (including phenoxy) is 1. The number of nitrogens with one attached hydrogen (secondary N) is 2. The molecule has 6 nitrogen and oxygen atoms in total. The van der Waals surface area contributed by atoms with E-state index in [1.807, 2.05) is 37.3 Å². The average molecular weight is 489 g/mol. The van der Waals surface area contributed by atoms with E-state index in [0.717, 1.165) is 10.0 Å². The Morgan fingerprint density at radius 2 is 1.70 bits per heavy atom. The van der Waals surface area contributed by atoms with E-state index in [2.05, 4.69) is 26.0 Å². The Kier molecular flexibility index (Phi) is 6.79. The number of rotatable bonds is 7. The van der Waals surface area contributed by atoms with Crippen LogP contribution in [0.15, 0.2) is 76.1 Å². The van der Waals surface area contributed by atoms with Crippen LogP contribution in [0.3, 0.4) is 0 Å². The molecule has 0 atom stereocenters. The number of hydrogen-bond donors (Lipinski definition) is 2. The van der Waals surface area contributed by atoms with Crippen molar-refractivity contribution in [2.24, 2.45) is 0 Å². The highest BCUT2D eigenvalue weighted by Crippen LogP contribution is 2.24. The fourth-order valence-corrected chi connectivity index (χ4v) is 4.21. The van der Waals surface area contributed by atoms with Gasteiger partial charge in [-0.25, -0.2) is 8.42 Å². The maximum atomic E-state index is 12.6. The molecule has 0 heterocycles. The van der Waals surface area contributed by atoms with E-state index in [9.17, 15) is 13.2 Å². The summed E-state index contributed by atoms with van der Waals surface area (Å²) in [6, 6.07) is 18.9. The number of carbonyl (C=O) groups excluding carboxylic acids is 1. The van der Waals surface area contributed by atoms with Gasteiger partial charge in [0.05, 0.1) is 10.6 Å². The van der Waals surface area contributed by atoms with Crippen LogP contribution in [0.5, 0.6) is 5.75 Å². The van der Waals surface area contributed by atoms with Crippen molar-refractivity contribution in [3.63, 3.8) is 0 Å². The van der Waals surface area contributed by atoms with Gasteiger partial charge in [-0.05, 0) is 77.8 Å². The number of anilines is 2. The van der Waals surface area contributed by atoms with Crippen LogP contribution in [0.4, 0.5) is 11.4 Å². The molecule has 2 N–H and O–H groups in total. The van der Waals surface area contributed by atoms with Gasteiger partial charge in [-0.1, -0.05) is 29.8 Å². The van der Waals surface area contributed by atoms with Crippen LogP contribution < -0.4 is 14.8 Å². The first-order chi connectivity index (χ1) is 14.2. The summed E-state index contributed by atoms with van der Waals surface area (Å²) < 4.78 is 34.2. The quantitative estimate of drug-likeness (QED) is 0.495. The zero-order chi connectivity index (χ0) is 21.7. The molecule has 0 aliphatic carbocycles. The Bertz CT molecular complexity index is 1160. The molecule has 0 fully saturated rings. The van der Waals surface area contributed by atoms with Gasteiger partial charge in [0, 0.05) is 10.2 Å². The van der Waals surface area contributed by atoms with Crippen LogP contribution in [0, 0.1) is 13.8 Å². The monoisotopic (exact) mass is 488 g/mol. The van der Waals surface area contributed by atoms with Gasteiger partial charge < -0.3 is 10.1 Å². The summed E-state index contributed by atoms with van der Waals surface area (Å²) >= 11 is 3.37. The van der Waals surface area contributed by atoms with E-state index in [-0.39, 0.29) is 17.4 Å². The van der Waals surface area contributed by atoms with Gasteiger partial charge in [-0.3, -0.25) is 9.52 Å². The standard InChI is InChI=1S/C22H21BrN2O4S/c1-15-7-9-17(10-8-15)25-30(27,28)18-11-12-21(16(2)13-18)29-14-22(26)24-20-6-4-3-5-19(20)23/h3-13,25H,14H2,1-2H3,(H,24,26). The van der Waals surface area contributed by atoms with E-state index in [4.69, 9.17) is 4.74 Å². The van der Waals surface area contributed by atoms with Gasteiger partial charge in [0.25, 0.3) is 15.9 Å². The van der Waals surface area contributed by atoms with Crippen molar-refractivity contribution < 1.29 is 17.9 Å². The summed E-state index contributed by atoms with van der Waals surface area (Å²) in [6.45, 7) is 3.46. The molecule has 1 amide bonds. The van der Waals surface area contributed by atoms with Gasteiger partial charge in [-0.15, -0.1) is 0 Å². The predicted octanol–water partition coefficient (Wildman–Crippen LogP) is 4.88. The average Bonchev–Trinajstić information content (AvgIpc) is 2.70. The molecular weight excluding hydrogens is 468 g/mol. The van der Waals surface area contributed by atoms with Crippen LogP contribution in [-0.4, -0.2) is 20.9 Å². The number of carbonyl (C=O) groups is 1. The molecule has 156 valence electrons. The molecule has 8 heteroatoms. The SMILES string of the molecule is Cc1ccc(NS(=O)(=O)c2ccc(OCC(=O)Nc3ccccc3Br)c(C)c2)cc1. The normalized spacial score (nSPS) is 11.0. The third-order valence-corrected chi connectivity index (χ3v) is 6.34. The molecule has 0 aliphatic heterocycles. The fraction of sp³-hybridized carbons (Fsp3) is 0.136. The Balaban J connectivity index is 1.65. The molecule has 0 unspecified atom stereocenters. The Labute approximate surface area is 184 Å². The summed E-state index contributed by atoms with van der Waals surface area (Å²) in [7, 11) is -3.73. The number of hydrogen-bond acceptors (Lipinski definition) is 4. The largest absolute Gasteiger partial charge is 0.483 e. The highest BCUT2D eigenvalue weighted by molar-refractivity contribution is 9.10. The number of sulfonamides is 1. The smallest absolute Gasteiger partial charge is 0.262 e. The minimum atomic E-state index is -3.73. The third-order valence-electron chi connectivity index (χ3n) is 4.27. The Morgan fingerprint density at radius 1 is 1.00 bits per heavy atom. The highest BCUT2D eigenvalue weighted by Gasteiger charge is 2.16. The second kappa shape index (κ2) is 9.32. The lowest BCUT2D eigenvalue weighted by Gasteiger charge is -2.13. The van der Waals surface area contributed by atoms with Crippen molar-refractivity contribution in [3.8, 4) is 5.75 Å². The molecule has 0 aromatic heterocycles. The molecule has 0 aliphatic rings. The molecule has 30 heavy (non-hydrogen) atoms. The fourth-order valence-electron chi connectivity index (χ4n) is 2.68. The van der Waals surface area contributed by atoms with E-state index < -0.39 is 10.0 Å². The number of aryl methyl sites for hydroxylation is 2. The summed E-state index contributed by atoms with van der Waals surface area (Å²) in [5, 5.41) is 2.75. The molecular formula is C22H21BrN2O4S. The number of benzene rings is 3. The first kappa shape index (κ1) is 21.9. The highest BCUT2D eigenvalue weighted by atomic mass is 79.9. The zero-order valence-corrected chi connectivity index (χ0v) is 18.9. The molecule has 0 spiro atoms. The number of halogens is 1. The van der Waals surface area contributed by atoms with E-state index >= 15 is 0 Å². The van der Waals surface area contributed by atoms with Crippen LogP contribution in [-0.2, 0) is 14.8 Å². The maximum absolute atomic E-state index is 12.6. The topological polar surface area (TPSA) is 84.5 Å². The molecule has 3 aromatic carbocycles. The first-order valence-corrected chi connectivity index (χ1v) is 11.4. The lowest BCUT2D eigenvalue weighted by Crippen LogP contribution is -2.20. The minimum Gasteiger partial charge on any atom is -0.483 e. The second-order valence-electron chi connectivity index (χ2n) is 6.72. The second-order valence-corrected chi connectivity index (χ2v) is 9.25. The summed E-state index contributed by atoms with van der Waals surface area (Å²) in [5.74, 6) is 0.116. The molecule has 0 saturated carbocycles. The van der Waals surface area contributed by atoms with Crippen molar-refractivity contribution in [1.29, 1.82) is 0 Å². The zero-order valence-electron chi connectivity index (χ0n) is 16.5. The van der Waals surface area contributed by atoms with Crippen molar-refractivity contribution >= 4 is 43.2 Å². The first-order valence-electron chi connectivity index (χ1n) is 9.12. The van der Waals surface area contributed by atoms with E-state index in [1.165, 1.54) is 12.1 Å². The molecule has 0 radical (unpaired) electrons. The van der Waals surface area contributed by atoms with Gasteiger partial charge in [0.1, 0.15) is 5.75 Å². The molecule has 0 saturated heterocycles. The number of amides is 1. The summed E-state index contributed by atoms with van der Waals surface area (Å²) in [5.41, 5.74) is 2.78. The van der Waals surface area contributed by atoms with Gasteiger partial charge >= 0.3 is 0 Å². The van der Waals surface area contributed by atoms with E-state index in [1.54, 1.807) is 31.2 Å². The van der Waals surface area contributed by atoms with Crippen molar-refractivity contribution in [2.45, 2.75) is 18.7 Å². The van der Waals surface area contributed by atoms with Crippen molar-refractivity contribution in [1.82, 2.24) is 0 Å². The lowest BCUT2D eigenvalue weighted by atomic mass is 10.2. The van der Waals surface area contributed by atoms with Crippen LogP contribution in [0.25, 0.3) is 0 Å². The summed E-state index contributed by atoms with van der Waals surface area (Å²) in [4.78, 5) is 12.3. The maximum Gasteiger partial charge on any atom is 0.262 e. The van der Waals surface area contributed by atoms with Crippen molar-refractivity contribution in [3.05, 3.63) is 82.3 Å². The molecule has 3 rings (SSSR count). The molecule has 0 bridgehead atoms. The van der Waals surface area contributed by atoms with Crippen LogP contribution >= 0.6 is 15.9 Å². The Hall–Kier alpha value is -2.84. The van der Waals surface area contributed by atoms with Gasteiger partial charge in [0.15, 0.2) is 6.61 Å². The van der Waals surface area contributed by atoms with Gasteiger partial charge in [0.2, 0.25) is 0 Å². The van der Waals surface area contributed by atoms with Crippen molar-refractivity contribution in [2.75, 3.05) is 16.6 Å². The Morgan fingerprint density at radius 3 is 2.37 bits per heavy atom. The minimum absolute atomic E-state index is 0.116. The molecule has 3 aromatic rings. The lowest BCUT2D eigenvalue weighted by molar-refractivity contribution is -0.118. The number of para-hydroxylation sites is 1. The van der Waals surface area contributed by atoms with Gasteiger partial charge in [-0.2, -0.15) is 0 Å². The van der Waals surface area contributed by atoms with Crippen LogP contribution in [0.2, 0.25) is 0 Å². The summed E-state index contributed by atoms with van der Waals surface area (Å²) in [6.07, 6.45) is 0. The third kappa shape index (κ3) is 5.61.